The van der Waals surface area contributed by atoms with E-state index in [4.69, 9.17) is 4.74 Å². The standard InChI is InChI=1S/C29H20F3N7O2/c1-18-24(16-34)26(20-12-10-19(15-33)11-13-20)39-28(38(18)22-7-5-6-21(14-22)29(30,31)32)36-27(37-39)35-25(40)17-41-23-8-3-2-4-9-23/h2-14,26H,17H2,1H3,(H,35,37,40). The second-order valence-electron chi connectivity index (χ2n) is 8.96. The maximum Gasteiger partial charge on any atom is 0.416 e. The maximum absolute atomic E-state index is 13.6. The highest BCUT2D eigenvalue weighted by molar-refractivity contribution is 5.90. The van der Waals surface area contributed by atoms with E-state index in [1.165, 1.54) is 21.7 Å². The topological polar surface area (TPSA) is 120 Å². The van der Waals surface area contributed by atoms with Crippen molar-refractivity contribution in [2.75, 3.05) is 16.8 Å². The normalized spacial score (nSPS) is 14.6. The summed E-state index contributed by atoms with van der Waals surface area (Å²) in [4.78, 5) is 18.5. The number of benzene rings is 3. The highest BCUT2D eigenvalue weighted by Crippen LogP contribution is 2.43. The fourth-order valence-corrected chi connectivity index (χ4v) is 4.43. The number of amides is 1. The van der Waals surface area contributed by atoms with Crippen LogP contribution in [0.5, 0.6) is 5.75 Å². The first-order valence-corrected chi connectivity index (χ1v) is 12.2. The summed E-state index contributed by atoms with van der Waals surface area (Å²) in [7, 11) is 0. The van der Waals surface area contributed by atoms with Crippen LogP contribution in [0.25, 0.3) is 0 Å². The lowest BCUT2D eigenvalue weighted by atomic mass is 9.95. The molecule has 204 valence electrons. The van der Waals surface area contributed by atoms with Gasteiger partial charge in [0.25, 0.3) is 11.9 Å². The number of rotatable bonds is 6. The van der Waals surface area contributed by atoms with Gasteiger partial charge in [0.2, 0.25) is 5.95 Å². The number of hydrogen-bond acceptors (Lipinski definition) is 7. The zero-order chi connectivity index (χ0) is 29.1. The van der Waals surface area contributed by atoms with Gasteiger partial charge >= 0.3 is 6.18 Å². The summed E-state index contributed by atoms with van der Waals surface area (Å²) in [6.07, 6.45) is -4.60. The van der Waals surface area contributed by atoms with Gasteiger partial charge in [-0.1, -0.05) is 36.4 Å². The molecular weight excluding hydrogens is 535 g/mol. The first kappa shape index (κ1) is 27.0. The minimum atomic E-state index is -4.60. The van der Waals surface area contributed by atoms with Gasteiger partial charge in [0.15, 0.2) is 6.61 Å². The van der Waals surface area contributed by atoms with Crippen molar-refractivity contribution in [2.45, 2.75) is 19.1 Å². The molecule has 3 aromatic carbocycles. The summed E-state index contributed by atoms with van der Waals surface area (Å²) in [5.41, 5.74) is 0.719. The van der Waals surface area contributed by atoms with Crippen molar-refractivity contribution in [2.24, 2.45) is 0 Å². The van der Waals surface area contributed by atoms with Crippen molar-refractivity contribution < 1.29 is 22.7 Å². The highest BCUT2D eigenvalue weighted by Gasteiger charge is 2.37. The lowest BCUT2D eigenvalue weighted by Gasteiger charge is -2.34. The van der Waals surface area contributed by atoms with Crippen LogP contribution in [0, 0.1) is 22.7 Å². The Labute approximate surface area is 232 Å². The van der Waals surface area contributed by atoms with Crippen LogP contribution in [-0.2, 0) is 11.0 Å². The molecule has 5 rings (SSSR count). The predicted molar refractivity (Wildman–Crippen MR) is 142 cm³/mol. The average Bonchev–Trinajstić information content (AvgIpc) is 3.38. The fraction of sp³-hybridized carbons (Fsp3) is 0.138. The van der Waals surface area contributed by atoms with Gasteiger partial charge in [-0.2, -0.15) is 28.7 Å². The van der Waals surface area contributed by atoms with E-state index in [0.717, 1.165) is 12.1 Å². The first-order valence-electron chi connectivity index (χ1n) is 12.2. The third-order valence-corrected chi connectivity index (χ3v) is 6.33. The number of nitrogens with one attached hydrogen (secondary N) is 1. The highest BCUT2D eigenvalue weighted by atomic mass is 19.4. The number of allylic oxidation sites excluding steroid dienone is 2. The summed E-state index contributed by atoms with van der Waals surface area (Å²) in [5.74, 6) is -0.143. The molecule has 1 N–H and O–H groups in total. The number of hydrogen-bond donors (Lipinski definition) is 1. The van der Waals surface area contributed by atoms with E-state index in [1.54, 1.807) is 61.5 Å². The molecule has 0 aliphatic carbocycles. The second kappa shape index (κ2) is 10.9. The minimum Gasteiger partial charge on any atom is -0.484 e. The number of halogens is 3. The number of anilines is 3. The quantitative estimate of drug-likeness (QED) is 0.323. The Morgan fingerprint density at radius 1 is 1.02 bits per heavy atom. The molecule has 0 fully saturated rings. The summed E-state index contributed by atoms with van der Waals surface area (Å²) in [5, 5.41) is 26.4. The van der Waals surface area contributed by atoms with E-state index in [9.17, 15) is 28.5 Å². The number of carbonyl (C=O) groups excluding carboxylic acids is 1. The van der Waals surface area contributed by atoms with Crippen LogP contribution in [0.3, 0.4) is 0 Å². The maximum atomic E-state index is 13.6. The Morgan fingerprint density at radius 2 is 1.76 bits per heavy atom. The lowest BCUT2D eigenvalue weighted by molar-refractivity contribution is -0.137. The van der Waals surface area contributed by atoms with E-state index in [1.807, 2.05) is 6.07 Å². The number of aromatic nitrogens is 3. The largest absolute Gasteiger partial charge is 0.484 e. The van der Waals surface area contributed by atoms with Crippen LogP contribution in [0.15, 0.2) is 90.1 Å². The van der Waals surface area contributed by atoms with Gasteiger partial charge in [-0.05, 0) is 55.0 Å². The van der Waals surface area contributed by atoms with Crippen molar-refractivity contribution in [3.63, 3.8) is 0 Å². The van der Waals surface area contributed by atoms with Crippen LogP contribution >= 0.6 is 0 Å². The van der Waals surface area contributed by atoms with E-state index in [-0.39, 0.29) is 29.8 Å². The second-order valence-corrected chi connectivity index (χ2v) is 8.96. The van der Waals surface area contributed by atoms with E-state index >= 15 is 0 Å². The molecule has 0 saturated heterocycles. The fourth-order valence-electron chi connectivity index (χ4n) is 4.43. The molecule has 0 radical (unpaired) electrons. The Bertz CT molecular complexity index is 1720. The van der Waals surface area contributed by atoms with E-state index < -0.39 is 23.7 Å². The van der Waals surface area contributed by atoms with Gasteiger partial charge in [0, 0.05) is 11.4 Å². The van der Waals surface area contributed by atoms with Gasteiger partial charge < -0.3 is 4.74 Å². The minimum absolute atomic E-state index is 0.0782. The number of carbonyl (C=O) groups is 1. The van der Waals surface area contributed by atoms with E-state index in [0.29, 0.717) is 22.6 Å². The first-order chi connectivity index (χ1) is 19.7. The molecular formula is C29H20F3N7O2. The lowest BCUT2D eigenvalue weighted by Crippen LogP contribution is -2.31. The molecule has 1 aliphatic heterocycles. The summed E-state index contributed by atoms with van der Waals surface area (Å²) in [6, 6.07) is 23.1. The van der Waals surface area contributed by atoms with Gasteiger partial charge in [0.1, 0.15) is 11.8 Å². The molecule has 41 heavy (non-hydrogen) atoms. The molecule has 4 aromatic rings. The van der Waals surface area contributed by atoms with Crippen molar-refractivity contribution in [3.8, 4) is 17.9 Å². The van der Waals surface area contributed by atoms with Crippen LogP contribution in [-0.4, -0.2) is 27.3 Å². The van der Waals surface area contributed by atoms with Crippen molar-refractivity contribution in [3.05, 3.63) is 107 Å². The summed E-state index contributed by atoms with van der Waals surface area (Å²) in [6.45, 7) is 1.25. The number of ether oxygens (including phenoxy) is 1. The molecule has 2 heterocycles. The molecule has 1 aromatic heterocycles. The predicted octanol–water partition coefficient (Wildman–Crippen LogP) is 5.72. The summed E-state index contributed by atoms with van der Waals surface area (Å²) >= 11 is 0. The number of para-hydroxylation sites is 1. The molecule has 1 atom stereocenters. The molecule has 1 unspecified atom stereocenters. The molecule has 1 aliphatic rings. The van der Waals surface area contributed by atoms with Gasteiger partial charge in [-0.15, -0.1) is 5.10 Å². The molecule has 0 saturated carbocycles. The van der Waals surface area contributed by atoms with Crippen LogP contribution in [0.1, 0.15) is 29.7 Å². The zero-order valence-corrected chi connectivity index (χ0v) is 21.4. The van der Waals surface area contributed by atoms with Gasteiger partial charge in [-0.3, -0.25) is 15.0 Å². The Balaban J connectivity index is 1.57. The monoisotopic (exact) mass is 555 g/mol. The van der Waals surface area contributed by atoms with Crippen LogP contribution in [0.2, 0.25) is 0 Å². The number of alkyl halides is 3. The number of nitriles is 2. The third-order valence-electron chi connectivity index (χ3n) is 6.33. The molecule has 0 bridgehead atoms. The van der Waals surface area contributed by atoms with Crippen molar-refractivity contribution >= 4 is 23.5 Å². The molecule has 9 nitrogen and oxygen atoms in total. The molecule has 0 spiro atoms. The summed E-state index contributed by atoms with van der Waals surface area (Å²) < 4.78 is 47.5. The number of fused-ring (bicyclic) bond motifs is 1. The van der Waals surface area contributed by atoms with Gasteiger partial charge in [0.05, 0.1) is 28.8 Å². The van der Waals surface area contributed by atoms with Crippen molar-refractivity contribution in [1.29, 1.82) is 10.5 Å². The Morgan fingerprint density at radius 3 is 2.41 bits per heavy atom. The van der Waals surface area contributed by atoms with Crippen LogP contribution < -0.4 is 15.0 Å². The van der Waals surface area contributed by atoms with Gasteiger partial charge in [-0.25, -0.2) is 4.68 Å². The van der Waals surface area contributed by atoms with E-state index in [2.05, 4.69) is 21.5 Å². The Hall–Kier alpha value is -5.62. The third kappa shape index (κ3) is 5.44. The number of nitrogens with zero attached hydrogens (tertiary/aromatic N) is 6. The van der Waals surface area contributed by atoms with Crippen LogP contribution in [0.4, 0.5) is 30.8 Å². The smallest absolute Gasteiger partial charge is 0.416 e. The molecule has 12 heteroatoms. The Kier molecular flexibility index (Phi) is 7.15. The van der Waals surface area contributed by atoms with Crippen molar-refractivity contribution in [1.82, 2.24) is 14.8 Å². The SMILES string of the molecule is CC1=C(C#N)C(c2ccc(C#N)cc2)n2nc(NC(=O)COc3ccccc3)nc2N1c1cccc(C(F)(F)F)c1. The average molecular weight is 556 g/mol. The zero-order valence-electron chi connectivity index (χ0n) is 21.4. The molecule has 1 amide bonds.